The number of anilines is 2. The van der Waals surface area contributed by atoms with Crippen molar-refractivity contribution in [3.05, 3.63) is 71.2 Å². The number of halogens is 1. The normalized spacial score (nSPS) is 13.8. The van der Waals surface area contributed by atoms with Gasteiger partial charge in [0.2, 0.25) is 0 Å². The van der Waals surface area contributed by atoms with Crippen molar-refractivity contribution in [2.24, 2.45) is 0 Å². The number of rotatable bonds is 2. The molecule has 0 saturated heterocycles. The minimum absolute atomic E-state index is 0.708. The molecule has 27 heavy (non-hydrogen) atoms. The Bertz CT molecular complexity index is 1170. The van der Waals surface area contributed by atoms with Gasteiger partial charge in [0.05, 0.1) is 23.8 Å². The van der Waals surface area contributed by atoms with E-state index in [1.165, 1.54) is 16.9 Å². The maximum atomic E-state index is 6.25. The van der Waals surface area contributed by atoms with Crippen molar-refractivity contribution >= 4 is 44.8 Å². The molecule has 0 N–H and O–H groups in total. The van der Waals surface area contributed by atoms with Crippen LogP contribution in [0.2, 0.25) is 5.02 Å². The average molecular weight is 375 g/mol. The topological polar surface area (TPSA) is 25.4 Å². The second-order valence-electron chi connectivity index (χ2n) is 6.89. The summed E-state index contributed by atoms with van der Waals surface area (Å²) >= 11 is 6.25. The third kappa shape index (κ3) is 2.70. The maximum Gasteiger partial charge on any atom is 0.119 e. The van der Waals surface area contributed by atoms with Crippen LogP contribution in [0.15, 0.2) is 60.7 Å². The predicted molar refractivity (Wildman–Crippen MR) is 113 cm³/mol. The largest absolute Gasteiger partial charge is 0.497 e. The van der Waals surface area contributed by atoms with Crippen molar-refractivity contribution in [1.29, 1.82) is 0 Å². The predicted octanol–water partition coefficient (Wildman–Crippen LogP) is 6.13. The summed E-state index contributed by atoms with van der Waals surface area (Å²) in [5.41, 5.74) is 5.69. The molecule has 1 aliphatic rings. The molecule has 0 radical (unpaired) electrons. The second kappa shape index (κ2) is 6.43. The molecule has 4 aromatic rings. The van der Waals surface area contributed by atoms with Crippen LogP contribution in [0.4, 0.5) is 11.4 Å². The van der Waals surface area contributed by atoms with Gasteiger partial charge in [-0.15, -0.1) is 0 Å². The molecule has 2 heterocycles. The molecule has 5 rings (SSSR count). The molecule has 0 bridgehead atoms. The highest BCUT2D eigenvalue weighted by Gasteiger charge is 2.23. The van der Waals surface area contributed by atoms with Crippen LogP contribution in [0.3, 0.4) is 0 Å². The van der Waals surface area contributed by atoms with Crippen LogP contribution in [0.1, 0.15) is 12.0 Å². The third-order valence-electron chi connectivity index (χ3n) is 5.29. The molecule has 0 atom stereocenters. The lowest BCUT2D eigenvalue weighted by Crippen LogP contribution is -2.25. The highest BCUT2D eigenvalue weighted by atomic mass is 35.5. The monoisotopic (exact) mass is 374 g/mol. The van der Waals surface area contributed by atoms with Gasteiger partial charge in [0.15, 0.2) is 0 Å². The van der Waals surface area contributed by atoms with Gasteiger partial charge >= 0.3 is 0 Å². The Morgan fingerprint density at radius 2 is 1.81 bits per heavy atom. The first-order chi connectivity index (χ1) is 13.2. The molecule has 3 aromatic carbocycles. The first-order valence-corrected chi connectivity index (χ1v) is 9.55. The zero-order chi connectivity index (χ0) is 18.4. The van der Waals surface area contributed by atoms with E-state index in [1.54, 1.807) is 7.11 Å². The quantitative estimate of drug-likeness (QED) is 0.394. The molecule has 0 unspecified atom stereocenters. The van der Waals surface area contributed by atoms with Crippen molar-refractivity contribution < 1.29 is 4.74 Å². The van der Waals surface area contributed by atoms with Gasteiger partial charge in [-0.3, -0.25) is 0 Å². The van der Waals surface area contributed by atoms with E-state index >= 15 is 0 Å². The van der Waals surface area contributed by atoms with Gasteiger partial charge in [-0.1, -0.05) is 29.8 Å². The second-order valence-corrected chi connectivity index (χ2v) is 7.33. The van der Waals surface area contributed by atoms with Gasteiger partial charge in [-0.05, 0) is 60.9 Å². The van der Waals surface area contributed by atoms with Gasteiger partial charge < -0.3 is 9.64 Å². The Morgan fingerprint density at radius 1 is 0.963 bits per heavy atom. The van der Waals surface area contributed by atoms with Crippen LogP contribution in [-0.2, 0) is 6.42 Å². The van der Waals surface area contributed by atoms with Crippen LogP contribution in [-0.4, -0.2) is 18.6 Å². The molecule has 1 aliphatic heterocycles. The molecule has 0 spiro atoms. The molecule has 0 saturated carbocycles. The first kappa shape index (κ1) is 16.4. The van der Waals surface area contributed by atoms with E-state index in [-0.39, 0.29) is 0 Å². The fraction of sp³-hybridized carbons (Fsp3) is 0.174. The van der Waals surface area contributed by atoms with Crippen LogP contribution in [0, 0.1) is 0 Å². The number of fused-ring (bicyclic) bond motifs is 3. The molecule has 4 heteroatoms. The van der Waals surface area contributed by atoms with Crippen molar-refractivity contribution in [3.8, 4) is 5.75 Å². The zero-order valence-corrected chi connectivity index (χ0v) is 15.8. The summed E-state index contributed by atoms with van der Waals surface area (Å²) in [5, 5.41) is 3.00. The van der Waals surface area contributed by atoms with E-state index < -0.39 is 0 Å². The minimum atomic E-state index is 0.708. The summed E-state index contributed by atoms with van der Waals surface area (Å²) in [7, 11) is 1.72. The molecule has 0 fully saturated rings. The van der Waals surface area contributed by atoms with Gasteiger partial charge in [0.25, 0.3) is 0 Å². The lowest BCUT2D eigenvalue weighted by Gasteiger charge is -2.33. The zero-order valence-electron chi connectivity index (χ0n) is 15.1. The summed E-state index contributed by atoms with van der Waals surface area (Å²) in [5.74, 6) is 0.909. The highest BCUT2D eigenvalue weighted by molar-refractivity contribution is 6.31. The summed E-state index contributed by atoms with van der Waals surface area (Å²) in [6.07, 6.45) is 2.17. The van der Waals surface area contributed by atoms with Gasteiger partial charge in [0, 0.05) is 28.0 Å². The Kier molecular flexibility index (Phi) is 3.91. The number of nitrogens with zero attached hydrogens (tertiary/aromatic N) is 2. The molecular formula is C23H19ClN2O. The Morgan fingerprint density at radius 3 is 2.70 bits per heavy atom. The van der Waals surface area contributed by atoms with Crippen molar-refractivity contribution in [2.75, 3.05) is 18.6 Å². The van der Waals surface area contributed by atoms with E-state index in [4.69, 9.17) is 21.3 Å². The molecule has 1 aromatic heterocycles. The lowest BCUT2D eigenvalue weighted by molar-refractivity contribution is 0.414. The van der Waals surface area contributed by atoms with Crippen LogP contribution < -0.4 is 9.64 Å². The van der Waals surface area contributed by atoms with Gasteiger partial charge in [-0.2, -0.15) is 0 Å². The summed E-state index contributed by atoms with van der Waals surface area (Å²) in [6, 6.07) is 20.7. The number of hydrogen-bond acceptors (Lipinski definition) is 3. The number of ether oxygens (including phenoxy) is 1. The highest BCUT2D eigenvalue weighted by Crippen LogP contribution is 2.42. The molecular weight excluding hydrogens is 356 g/mol. The summed E-state index contributed by atoms with van der Waals surface area (Å²) in [4.78, 5) is 7.28. The smallest absolute Gasteiger partial charge is 0.119 e. The number of aryl methyl sites for hydroxylation is 1. The van der Waals surface area contributed by atoms with Crippen molar-refractivity contribution in [3.63, 3.8) is 0 Å². The Labute approximate surface area is 163 Å². The number of hydrogen-bond donors (Lipinski definition) is 0. The number of pyridine rings is 1. The fourth-order valence-corrected chi connectivity index (χ4v) is 4.23. The van der Waals surface area contributed by atoms with E-state index in [9.17, 15) is 0 Å². The molecule has 134 valence electrons. The molecule has 3 nitrogen and oxygen atoms in total. The van der Waals surface area contributed by atoms with Crippen LogP contribution in [0.5, 0.6) is 5.75 Å². The van der Waals surface area contributed by atoms with Gasteiger partial charge in [-0.25, -0.2) is 4.98 Å². The Balaban J connectivity index is 1.82. The van der Waals surface area contributed by atoms with E-state index in [0.29, 0.717) is 5.02 Å². The van der Waals surface area contributed by atoms with Crippen molar-refractivity contribution in [2.45, 2.75) is 12.8 Å². The van der Waals surface area contributed by atoms with E-state index in [1.807, 2.05) is 24.3 Å². The van der Waals surface area contributed by atoms with Crippen molar-refractivity contribution in [1.82, 2.24) is 4.98 Å². The van der Waals surface area contributed by atoms with Crippen LogP contribution >= 0.6 is 11.6 Å². The standard InChI is InChI=1S/C23H19ClN2O/c1-27-17-9-11-22-15(13-17)5-4-12-26(22)23-18-6-2-3-7-20(18)25-21-14-16(24)8-10-19(21)23/h2-3,6-11,13-14H,4-5,12H2,1H3. The number of benzene rings is 3. The fourth-order valence-electron chi connectivity index (χ4n) is 4.07. The van der Waals surface area contributed by atoms with E-state index in [2.05, 4.69) is 41.3 Å². The molecule has 0 amide bonds. The van der Waals surface area contributed by atoms with Crippen LogP contribution in [0.25, 0.3) is 21.8 Å². The number of aromatic nitrogens is 1. The SMILES string of the molecule is COc1ccc2c(c1)CCCN2c1c2ccccc2nc2cc(Cl)ccc12. The number of para-hydroxylation sites is 1. The Hall–Kier alpha value is -2.78. The lowest BCUT2D eigenvalue weighted by atomic mass is 9.98. The van der Waals surface area contributed by atoms with E-state index in [0.717, 1.165) is 46.9 Å². The van der Waals surface area contributed by atoms with Gasteiger partial charge in [0.1, 0.15) is 5.75 Å². The third-order valence-corrected chi connectivity index (χ3v) is 5.53. The molecule has 0 aliphatic carbocycles. The average Bonchev–Trinajstić information content (AvgIpc) is 2.71. The summed E-state index contributed by atoms with van der Waals surface area (Å²) < 4.78 is 5.43. The number of methoxy groups -OCH3 is 1. The summed E-state index contributed by atoms with van der Waals surface area (Å²) in [6.45, 7) is 0.977. The first-order valence-electron chi connectivity index (χ1n) is 9.17. The minimum Gasteiger partial charge on any atom is -0.497 e. The maximum absolute atomic E-state index is 6.25.